The zero-order valence-electron chi connectivity index (χ0n) is 13.1. The van der Waals surface area contributed by atoms with Gasteiger partial charge in [-0.2, -0.15) is 5.10 Å². The maximum Gasteiger partial charge on any atom is 0.222 e. The van der Waals surface area contributed by atoms with Gasteiger partial charge in [0.25, 0.3) is 0 Å². The maximum atomic E-state index is 12.2. The topological polar surface area (TPSA) is 69.0 Å². The molecule has 0 saturated heterocycles. The summed E-state index contributed by atoms with van der Waals surface area (Å²) in [6.45, 7) is 0.544. The number of hydrogen-bond acceptors (Lipinski definition) is 4. The van der Waals surface area contributed by atoms with Gasteiger partial charge in [0.15, 0.2) is 0 Å². The van der Waals surface area contributed by atoms with Crippen LogP contribution in [-0.4, -0.2) is 32.8 Å². The Morgan fingerprint density at radius 3 is 2.87 bits per heavy atom. The van der Waals surface area contributed by atoms with Crippen LogP contribution in [0.1, 0.15) is 32.1 Å². The molecule has 1 aliphatic carbocycles. The minimum Gasteiger partial charge on any atom is -0.488 e. The summed E-state index contributed by atoms with van der Waals surface area (Å²) in [6, 6.07) is 9.88. The van der Waals surface area contributed by atoms with E-state index >= 15 is 0 Å². The number of nitrogens with zero attached hydrogens (tertiary/aromatic N) is 3. The van der Waals surface area contributed by atoms with Gasteiger partial charge in [-0.3, -0.25) is 9.48 Å². The Labute approximate surface area is 135 Å². The highest BCUT2D eigenvalue weighted by atomic mass is 16.5. The zero-order chi connectivity index (χ0) is 15.9. The zero-order valence-corrected chi connectivity index (χ0v) is 13.1. The number of benzene rings is 1. The fraction of sp³-hybridized carbons (Fsp3) is 0.471. The first-order chi connectivity index (χ1) is 11.3. The number of carbonyl (C=O) groups excluding carboxylic acids is 1. The van der Waals surface area contributed by atoms with E-state index in [0.717, 1.165) is 31.4 Å². The first-order valence-corrected chi connectivity index (χ1v) is 8.15. The number of aromatic nitrogens is 3. The number of hydrogen-bond donors (Lipinski definition) is 1. The van der Waals surface area contributed by atoms with E-state index in [2.05, 4.69) is 15.4 Å². The number of rotatable bonds is 6. The third-order valence-corrected chi connectivity index (χ3v) is 4.11. The SMILES string of the molecule is O=C(CCn1cncn1)NC1CCCCC1Oc1ccccc1. The molecule has 0 spiro atoms. The van der Waals surface area contributed by atoms with E-state index in [1.165, 1.54) is 6.33 Å². The van der Waals surface area contributed by atoms with E-state index in [0.29, 0.717) is 13.0 Å². The van der Waals surface area contributed by atoms with Crippen LogP contribution in [0.4, 0.5) is 0 Å². The summed E-state index contributed by atoms with van der Waals surface area (Å²) in [5, 5.41) is 7.13. The molecule has 0 bridgehead atoms. The molecule has 1 aromatic heterocycles. The average molecular weight is 314 g/mol. The van der Waals surface area contributed by atoms with Crippen LogP contribution in [0.15, 0.2) is 43.0 Å². The normalized spacial score (nSPS) is 20.9. The van der Waals surface area contributed by atoms with Crippen LogP contribution in [0.5, 0.6) is 5.75 Å². The fourth-order valence-corrected chi connectivity index (χ4v) is 2.92. The number of ether oxygens (including phenoxy) is 1. The van der Waals surface area contributed by atoms with Crippen molar-refractivity contribution in [2.45, 2.75) is 50.8 Å². The van der Waals surface area contributed by atoms with E-state index < -0.39 is 0 Å². The molecule has 2 unspecified atom stereocenters. The largest absolute Gasteiger partial charge is 0.488 e. The molecule has 1 aliphatic rings. The van der Waals surface area contributed by atoms with Gasteiger partial charge in [0.1, 0.15) is 24.5 Å². The lowest BCUT2D eigenvalue weighted by molar-refractivity contribution is -0.123. The Balaban J connectivity index is 1.52. The molecule has 1 amide bonds. The molecule has 23 heavy (non-hydrogen) atoms. The minimum atomic E-state index is 0.0362. The third-order valence-electron chi connectivity index (χ3n) is 4.11. The van der Waals surface area contributed by atoms with Crippen molar-refractivity contribution in [3.63, 3.8) is 0 Å². The van der Waals surface area contributed by atoms with Gasteiger partial charge < -0.3 is 10.1 Å². The van der Waals surface area contributed by atoms with Crippen LogP contribution in [-0.2, 0) is 11.3 Å². The molecule has 1 heterocycles. The van der Waals surface area contributed by atoms with Crippen LogP contribution in [0.3, 0.4) is 0 Å². The second kappa shape index (κ2) is 7.76. The third kappa shape index (κ3) is 4.55. The molecule has 0 aliphatic heterocycles. The first-order valence-electron chi connectivity index (χ1n) is 8.15. The fourth-order valence-electron chi connectivity index (χ4n) is 2.92. The minimum absolute atomic E-state index is 0.0362. The summed E-state index contributed by atoms with van der Waals surface area (Å²) in [7, 11) is 0. The van der Waals surface area contributed by atoms with Crippen molar-refractivity contribution >= 4 is 5.91 Å². The summed E-state index contributed by atoms with van der Waals surface area (Å²) >= 11 is 0. The lowest BCUT2D eigenvalue weighted by atomic mass is 9.92. The lowest BCUT2D eigenvalue weighted by Gasteiger charge is -2.32. The summed E-state index contributed by atoms with van der Waals surface area (Å²) in [6.07, 6.45) is 7.75. The molecule has 2 atom stereocenters. The predicted octanol–water partition coefficient (Wildman–Crippen LogP) is 2.17. The van der Waals surface area contributed by atoms with Gasteiger partial charge in [0, 0.05) is 6.42 Å². The van der Waals surface area contributed by atoms with E-state index in [-0.39, 0.29) is 18.1 Å². The summed E-state index contributed by atoms with van der Waals surface area (Å²) in [4.78, 5) is 16.1. The number of carbonyl (C=O) groups is 1. The number of nitrogens with one attached hydrogen (secondary N) is 1. The molecule has 2 aromatic rings. The van der Waals surface area contributed by atoms with Gasteiger partial charge in [-0.05, 0) is 31.4 Å². The summed E-state index contributed by atoms with van der Waals surface area (Å²) < 4.78 is 7.74. The van der Waals surface area contributed by atoms with Crippen LogP contribution in [0.2, 0.25) is 0 Å². The number of aryl methyl sites for hydroxylation is 1. The van der Waals surface area contributed by atoms with Gasteiger partial charge in [-0.15, -0.1) is 0 Å². The number of para-hydroxylation sites is 1. The summed E-state index contributed by atoms with van der Waals surface area (Å²) in [5.74, 6) is 0.898. The lowest BCUT2D eigenvalue weighted by Crippen LogP contribution is -2.47. The van der Waals surface area contributed by atoms with E-state index in [4.69, 9.17) is 4.74 Å². The second-order valence-corrected chi connectivity index (χ2v) is 5.84. The van der Waals surface area contributed by atoms with E-state index in [9.17, 15) is 4.79 Å². The maximum absolute atomic E-state index is 12.2. The quantitative estimate of drug-likeness (QED) is 0.887. The van der Waals surface area contributed by atoms with Crippen LogP contribution in [0.25, 0.3) is 0 Å². The summed E-state index contributed by atoms with van der Waals surface area (Å²) in [5.41, 5.74) is 0. The molecule has 0 radical (unpaired) electrons. The average Bonchev–Trinajstić information content (AvgIpc) is 3.09. The Morgan fingerprint density at radius 1 is 1.26 bits per heavy atom. The first kappa shape index (κ1) is 15.5. The van der Waals surface area contributed by atoms with E-state index in [1.807, 2.05) is 30.3 Å². The van der Waals surface area contributed by atoms with Crippen molar-refractivity contribution in [2.75, 3.05) is 0 Å². The van der Waals surface area contributed by atoms with E-state index in [1.54, 1.807) is 11.0 Å². The van der Waals surface area contributed by atoms with Crippen LogP contribution < -0.4 is 10.1 Å². The molecule has 1 fully saturated rings. The molecular formula is C17H22N4O2. The molecule has 6 nitrogen and oxygen atoms in total. The second-order valence-electron chi connectivity index (χ2n) is 5.84. The molecule has 1 saturated carbocycles. The molecule has 1 aromatic carbocycles. The molecule has 1 N–H and O–H groups in total. The predicted molar refractivity (Wildman–Crippen MR) is 85.9 cm³/mol. The standard InChI is InChI=1S/C17H22N4O2/c22-17(10-11-21-13-18-12-19-21)20-15-8-4-5-9-16(15)23-14-6-2-1-3-7-14/h1-3,6-7,12-13,15-16H,4-5,8-11H2,(H,20,22). The Morgan fingerprint density at radius 2 is 2.09 bits per heavy atom. The highest BCUT2D eigenvalue weighted by molar-refractivity contribution is 5.76. The monoisotopic (exact) mass is 314 g/mol. The Kier molecular flexibility index (Phi) is 5.24. The highest BCUT2D eigenvalue weighted by Gasteiger charge is 2.28. The molecule has 122 valence electrons. The van der Waals surface area contributed by atoms with Gasteiger partial charge >= 0.3 is 0 Å². The van der Waals surface area contributed by atoms with Gasteiger partial charge in [-0.25, -0.2) is 4.98 Å². The van der Waals surface area contributed by atoms with Gasteiger partial charge in [0.05, 0.1) is 12.6 Å². The smallest absolute Gasteiger partial charge is 0.222 e. The van der Waals surface area contributed by atoms with Crippen molar-refractivity contribution in [1.29, 1.82) is 0 Å². The van der Waals surface area contributed by atoms with Gasteiger partial charge in [0.2, 0.25) is 5.91 Å². The van der Waals surface area contributed by atoms with Crippen molar-refractivity contribution in [3.05, 3.63) is 43.0 Å². The van der Waals surface area contributed by atoms with Crippen LogP contribution in [0, 0.1) is 0 Å². The van der Waals surface area contributed by atoms with Crippen LogP contribution >= 0.6 is 0 Å². The van der Waals surface area contributed by atoms with Crippen molar-refractivity contribution < 1.29 is 9.53 Å². The number of amides is 1. The van der Waals surface area contributed by atoms with Gasteiger partial charge in [-0.1, -0.05) is 24.6 Å². The molecule has 3 rings (SSSR count). The molecular weight excluding hydrogens is 292 g/mol. The molecule has 6 heteroatoms. The van der Waals surface area contributed by atoms with Crippen molar-refractivity contribution in [2.24, 2.45) is 0 Å². The Hall–Kier alpha value is -2.37. The van der Waals surface area contributed by atoms with Crippen molar-refractivity contribution in [1.82, 2.24) is 20.1 Å². The highest BCUT2D eigenvalue weighted by Crippen LogP contribution is 2.24. The Bertz CT molecular complexity index is 600. The van der Waals surface area contributed by atoms with Crippen molar-refractivity contribution in [3.8, 4) is 5.75 Å².